The number of carbonyl (C=O) groups excluding carboxylic acids is 1. The molecule has 1 unspecified atom stereocenters. The number of nitrogens with two attached hydrogens (primary N) is 1. The number of anilines is 1. The number of hydrogen-bond donors (Lipinski definition) is 2. The minimum absolute atomic E-state index is 0.260. The fraction of sp³-hybridized carbons (Fsp3) is 0.500. The van der Waals surface area contributed by atoms with Crippen LogP contribution < -0.4 is 10.5 Å². The van der Waals surface area contributed by atoms with Crippen LogP contribution in [0.5, 0.6) is 0 Å². The monoisotopic (exact) mass is 434 g/mol. The van der Waals surface area contributed by atoms with Crippen LogP contribution in [0.2, 0.25) is 0 Å². The average Bonchev–Trinajstić information content (AvgIpc) is 3.40. The Morgan fingerprint density at radius 2 is 1.86 bits per heavy atom. The molecule has 156 valence electrons. The summed E-state index contributed by atoms with van der Waals surface area (Å²) in [5.41, 5.74) is 5.24. The molecule has 0 saturated heterocycles. The van der Waals surface area contributed by atoms with E-state index in [9.17, 15) is 9.00 Å². The third kappa shape index (κ3) is 3.84. The fourth-order valence-corrected chi connectivity index (χ4v) is 6.17. The van der Waals surface area contributed by atoms with Gasteiger partial charge in [-0.25, -0.2) is 19.1 Å². The van der Waals surface area contributed by atoms with E-state index >= 15 is 0 Å². The Balaban J connectivity index is 1.63. The molecule has 0 saturated carbocycles. The summed E-state index contributed by atoms with van der Waals surface area (Å²) in [5.74, 6) is 0. The van der Waals surface area contributed by atoms with E-state index in [1.165, 1.54) is 28.5 Å². The van der Waals surface area contributed by atoms with E-state index in [-0.39, 0.29) is 4.21 Å². The molecule has 1 heterocycles. The molecule has 2 amide bonds. The van der Waals surface area contributed by atoms with Crippen molar-refractivity contribution in [1.82, 2.24) is 4.98 Å². The number of nitrogens with zero attached hydrogens (tertiary/aromatic N) is 2. The van der Waals surface area contributed by atoms with Crippen LogP contribution >= 0.6 is 11.3 Å². The molecule has 0 fully saturated rings. The van der Waals surface area contributed by atoms with Crippen molar-refractivity contribution in [2.75, 3.05) is 12.4 Å². The standard InChI is InChI=1S/C20H26N4O3S2/c1-20(2,27-3)18-22-11-16(28-18)29(21,26)24-19(25)23-17-14-8-4-6-12(14)10-13-7-5-9-15(13)17/h10-11H,4-9H2,1-3H3,(H3,21,23,24,25,26). The lowest BCUT2D eigenvalue weighted by Gasteiger charge is -2.19. The Hall–Kier alpha value is -1.81. The van der Waals surface area contributed by atoms with Gasteiger partial charge in [-0.05, 0) is 74.6 Å². The SMILES string of the molecule is COC(C)(C)c1ncc(S(N)(=O)=NC(=O)Nc2c3c(cc4c2CCC4)CCC3)s1. The van der Waals surface area contributed by atoms with Crippen LogP contribution in [0, 0.1) is 0 Å². The summed E-state index contributed by atoms with van der Waals surface area (Å²) >= 11 is 1.15. The molecule has 1 aromatic heterocycles. The number of nitrogens with one attached hydrogen (secondary N) is 1. The predicted molar refractivity (Wildman–Crippen MR) is 115 cm³/mol. The van der Waals surface area contributed by atoms with E-state index < -0.39 is 21.5 Å². The zero-order valence-corrected chi connectivity index (χ0v) is 18.5. The van der Waals surface area contributed by atoms with Crippen LogP contribution in [0.25, 0.3) is 0 Å². The van der Waals surface area contributed by atoms with E-state index in [0.717, 1.165) is 55.5 Å². The molecule has 0 radical (unpaired) electrons. The second-order valence-corrected chi connectivity index (χ2v) is 11.1. The molecule has 4 rings (SSSR count). The maximum absolute atomic E-state index is 13.0. The minimum atomic E-state index is -3.39. The Morgan fingerprint density at radius 1 is 1.24 bits per heavy atom. The van der Waals surface area contributed by atoms with E-state index in [1.807, 2.05) is 13.8 Å². The van der Waals surface area contributed by atoms with Crippen molar-refractivity contribution in [3.63, 3.8) is 0 Å². The highest BCUT2D eigenvalue weighted by molar-refractivity contribution is 7.93. The van der Waals surface area contributed by atoms with Gasteiger partial charge in [-0.15, -0.1) is 15.7 Å². The molecule has 7 nitrogen and oxygen atoms in total. The summed E-state index contributed by atoms with van der Waals surface area (Å²) < 4.78 is 22.5. The third-order valence-electron chi connectivity index (χ3n) is 5.72. The molecule has 2 aliphatic rings. The normalized spacial score (nSPS) is 17.5. The van der Waals surface area contributed by atoms with Crippen LogP contribution in [0.4, 0.5) is 10.5 Å². The van der Waals surface area contributed by atoms with Crippen molar-refractivity contribution < 1.29 is 13.7 Å². The number of carbonyl (C=O) groups is 1. The summed E-state index contributed by atoms with van der Waals surface area (Å²) in [6.45, 7) is 3.71. The van der Waals surface area contributed by atoms with Crippen LogP contribution in [0.3, 0.4) is 0 Å². The molecule has 1 atom stereocenters. The first kappa shape index (κ1) is 20.5. The van der Waals surface area contributed by atoms with Gasteiger partial charge in [0.2, 0.25) is 0 Å². The summed E-state index contributed by atoms with van der Waals surface area (Å²) in [6.07, 6.45) is 7.55. The van der Waals surface area contributed by atoms with Gasteiger partial charge in [0.05, 0.1) is 6.20 Å². The van der Waals surface area contributed by atoms with Gasteiger partial charge in [0.15, 0.2) is 9.92 Å². The average molecular weight is 435 g/mol. The van der Waals surface area contributed by atoms with Gasteiger partial charge in [0.25, 0.3) is 0 Å². The molecule has 2 aliphatic carbocycles. The molecule has 2 aromatic rings. The minimum Gasteiger partial charge on any atom is -0.372 e. The highest BCUT2D eigenvalue weighted by Crippen LogP contribution is 2.38. The number of amides is 2. The van der Waals surface area contributed by atoms with Gasteiger partial charge in [-0.1, -0.05) is 6.07 Å². The molecule has 9 heteroatoms. The molecular formula is C20H26N4O3S2. The molecule has 0 bridgehead atoms. The Kier molecular flexibility index (Phi) is 5.27. The molecule has 0 aliphatic heterocycles. The summed E-state index contributed by atoms with van der Waals surface area (Å²) in [4.78, 5) is 16.9. The molecule has 1 aromatic carbocycles. The highest BCUT2D eigenvalue weighted by atomic mass is 32.2. The number of rotatable bonds is 4. The van der Waals surface area contributed by atoms with Crippen LogP contribution in [0.1, 0.15) is 54.0 Å². The number of urea groups is 1. The zero-order valence-electron chi connectivity index (χ0n) is 16.9. The van der Waals surface area contributed by atoms with Gasteiger partial charge in [0, 0.05) is 12.8 Å². The maximum atomic E-state index is 13.0. The number of thiazole rings is 1. The molecule has 3 N–H and O–H groups in total. The van der Waals surface area contributed by atoms with Crippen molar-refractivity contribution in [3.05, 3.63) is 39.5 Å². The highest BCUT2D eigenvalue weighted by Gasteiger charge is 2.27. The number of benzene rings is 1. The third-order valence-corrected chi connectivity index (χ3v) is 8.90. The lowest BCUT2D eigenvalue weighted by atomic mass is 9.99. The second kappa shape index (κ2) is 7.46. The summed E-state index contributed by atoms with van der Waals surface area (Å²) in [7, 11) is -1.81. The van der Waals surface area contributed by atoms with Gasteiger partial charge in [-0.3, -0.25) is 0 Å². The van der Waals surface area contributed by atoms with E-state index in [0.29, 0.717) is 5.01 Å². The Labute approximate surface area is 175 Å². The topological polar surface area (TPSA) is 107 Å². The first-order valence-corrected chi connectivity index (χ1v) is 12.1. The Bertz CT molecular complexity index is 1070. The number of aryl methyl sites for hydroxylation is 2. The largest absolute Gasteiger partial charge is 0.372 e. The molecule has 29 heavy (non-hydrogen) atoms. The van der Waals surface area contributed by atoms with Crippen LogP contribution in [-0.2, 0) is 45.9 Å². The zero-order chi connectivity index (χ0) is 20.8. The number of ether oxygens (including phenoxy) is 1. The van der Waals surface area contributed by atoms with Crippen LogP contribution in [0.15, 0.2) is 20.8 Å². The van der Waals surface area contributed by atoms with Gasteiger partial charge < -0.3 is 10.1 Å². The smallest absolute Gasteiger partial charge is 0.354 e. The van der Waals surface area contributed by atoms with E-state index in [4.69, 9.17) is 9.88 Å². The summed E-state index contributed by atoms with van der Waals surface area (Å²) in [5, 5.41) is 9.48. The number of fused-ring (bicyclic) bond motifs is 2. The second-order valence-electron chi connectivity index (χ2n) is 8.02. The van der Waals surface area contributed by atoms with Crippen LogP contribution in [-0.4, -0.2) is 22.3 Å². The quantitative estimate of drug-likeness (QED) is 0.760. The van der Waals surface area contributed by atoms with Crippen molar-refractivity contribution in [2.24, 2.45) is 9.50 Å². The molecular weight excluding hydrogens is 408 g/mol. The van der Waals surface area contributed by atoms with Crippen molar-refractivity contribution in [3.8, 4) is 0 Å². The van der Waals surface area contributed by atoms with Crippen molar-refractivity contribution >= 4 is 33.0 Å². The van der Waals surface area contributed by atoms with E-state index in [2.05, 4.69) is 20.7 Å². The summed E-state index contributed by atoms with van der Waals surface area (Å²) in [6, 6.07) is 1.62. The number of aromatic nitrogens is 1. The first-order valence-electron chi connectivity index (χ1n) is 9.75. The predicted octanol–water partition coefficient (Wildman–Crippen LogP) is 3.93. The van der Waals surface area contributed by atoms with Gasteiger partial charge >= 0.3 is 6.03 Å². The lowest BCUT2D eigenvalue weighted by Crippen LogP contribution is -2.19. The van der Waals surface area contributed by atoms with Gasteiger partial charge in [0.1, 0.15) is 14.8 Å². The van der Waals surface area contributed by atoms with E-state index in [1.54, 1.807) is 7.11 Å². The van der Waals surface area contributed by atoms with Crippen molar-refractivity contribution in [2.45, 2.75) is 62.2 Å². The Morgan fingerprint density at radius 3 is 2.45 bits per heavy atom. The molecule has 0 spiro atoms. The van der Waals surface area contributed by atoms with Gasteiger partial charge in [-0.2, -0.15) is 0 Å². The first-order chi connectivity index (χ1) is 13.7. The number of methoxy groups -OCH3 is 1. The van der Waals surface area contributed by atoms with Crippen molar-refractivity contribution in [1.29, 1.82) is 0 Å². The fourth-order valence-electron chi connectivity index (χ4n) is 4.03. The lowest BCUT2D eigenvalue weighted by molar-refractivity contribution is 0.0190. The maximum Gasteiger partial charge on any atom is 0.354 e. The number of hydrogen-bond acceptors (Lipinski definition) is 5.